The highest BCUT2D eigenvalue weighted by Crippen LogP contribution is 2.27. The molecule has 0 aliphatic heterocycles. The molecule has 0 unspecified atom stereocenters. The van der Waals surface area contributed by atoms with E-state index in [1.807, 2.05) is 53.9 Å². The Hall–Kier alpha value is -2.33. The second kappa shape index (κ2) is 5.81. The van der Waals surface area contributed by atoms with Gasteiger partial charge in [-0.05, 0) is 36.8 Å². The maximum Gasteiger partial charge on any atom is 0.303 e. The number of aryl methyl sites for hydroxylation is 2. The fourth-order valence-electron chi connectivity index (χ4n) is 2.50. The summed E-state index contributed by atoms with van der Waals surface area (Å²) in [4.78, 5) is 15.6. The lowest BCUT2D eigenvalue weighted by atomic mass is 10.1. The van der Waals surface area contributed by atoms with Gasteiger partial charge in [0.05, 0.1) is 17.8 Å². The molecule has 5 heteroatoms. The molecule has 2 heterocycles. The molecule has 1 N–H and O–H groups in total. The Morgan fingerprint density at radius 3 is 2.68 bits per heavy atom. The molecule has 0 spiro atoms. The predicted octanol–water partition coefficient (Wildman–Crippen LogP) is 3.98. The van der Waals surface area contributed by atoms with Gasteiger partial charge < -0.3 is 9.51 Å². The molecule has 0 saturated carbocycles. The highest BCUT2D eigenvalue weighted by molar-refractivity contribution is 6.30. The zero-order chi connectivity index (χ0) is 15.7. The molecule has 3 rings (SSSR count). The third kappa shape index (κ3) is 2.83. The summed E-state index contributed by atoms with van der Waals surface area (Å²) >= 11 is 5.94. The van der Waals surface area contributed by atoms with Crippen molar-refractivity contribution in [3.63, 3.8) is 0 Å². The molecule has 0 atom stereocenters. The van der Waals surface area contributed by atoms with Gasteiger partial charge >= 0.3 is 5.97 Å². The number of nitrogens with zero attached hydrogens (tertiary/aromatic N) is 2. The number of hydrogen-bond acceptors (Lipinski definition) is 2. The van der Waals surface area contributed by atoms with Gasteiger partial charge in [-0.15, -0.1) is 0 Å². The molecule has 22 heavy (non-hydrogen) atoms. The van der Waals surface area contributed by atoms with Gasteiger partial charge in [-0.1, -0.05) is 23.7 Å². The Bertz CT molecular complexity index is 838. The minimum atomic E-state index is -0.816. The second-order valence-corrected chi connectivity index (χ2v) is 5.68. The number of hydrogen-bond donors (Lipinski definition) is 1. The minimum Gasteiger partial charge on any atom is -0.481 e. The van der Waals surface area contributed by atoms with E-state index in [1.165, 1.54) is 0 Å². The van der Waals surface area contributed by atoms with Crippen LogP contribution in [0.5, 0.6) is 0 Å². The summed E-state index contributed by atoms with van der Waals surface area (Å²) in [5, 5.41) is 9.64. The van der Waals surface area contributed by atoms with Crippen molar-refractivity contribution in [1.29, 1.82) is 0 Å². The second-order valence-electron chi connectivity index (χ2n) is 5.24. The molecule has 1 aromatic carbocycles. The first-order valence-corrected chi connectivity index (χ1v) is 7.38. The van der Waals surface area contributed by atoms with Crippen LogP contribution in [0.4, 0.5) is 0 Å². The van der Waals surface area contributed by atoms with Crippen molar-refractivity contribution < 1.29 is 9.90 Å². The van der Waals surface area contributed by atoms with E-state index in [1.54, 1.807) is 0 Å². The number of fused-ring (bicyclic) bond motifs is 1. The third-order valence-electron chi connectivity index (χ3n) is 3.57. The smallest absolute Gasteiger partial charge is 0.303 e. The van der Waals surface area contributed by atoms with E-state index in [2.05, 4.69) is 4.98 Å². The van der Waals surface area contributed by atoms with Crippen molar-refractivity contribution in [2.75, 3.05) is 0 Å². The lowest BCUT2D eigenvalue weighted by Crippen LogP contribution is -2.01. The van der Waals surface area contributed by atoms with Crippen LogP contribution in [0.1, 0.15) is 17.7 Å². The van der Waals surface area contributed by atoms with E-state index in [4.69, 9.17) is 16.7 Å². The Morgan fingerprint density at radius 2 is 2.00 bits per heavy atom. The third-order valence-corrected chi connectivity index (χ3v) is 3.83. The molecule has 0 amide bonds. The molecule has 2 aromatic heterocycles. The van der Waals surface area contributed by atoms with Gasteiger partial charge in [0.1, 0.15) is 5.65 Å². The summed E-state index contributed by atoms with van der Waals surface area (Å²) in [7, 11) is 0. The molecule has 112 valence electrons. The molecule has 0 fully saturated rings. The van der Waals surface area contributed by atoms with Gasteiger partial charge in [-0.3, -0.25) is 4.79 Å². The number of benzene rings is 1. The zero-order valence-corrected chi connectivity index (χ0v) is 12.8. The van der Waals surface area contributed by atoms with Crippen molar-refractivity contribution in [2.24, 2.45) is 0 Å². The van der Waals surface area contributed by atoms with E-state index >= 15 is 0 Å². The van der Waals surface area contributed by atoms with Crippen LogP contribution >= 0.6 is 11.6 Å². The van der Waals surface area contributed by atoms with Crippen LogP contribution in [0.15, 0.2) is 42.6 Å². The van der Waals surface area contributed by atoms with E-state index in [0.29, 0.717) is 11.4 Å². The number of carboxylic acids is 1. The number of aromatic nitrogens is 2. The minimum absolute atomic E-state index is 0.0717. The highest BCUT2D eigenvalue weighted by atomic mass is 35.5. The van der Waals surface area contributed by atoms with Crippen molar-refractivity contribution in [3.8, 4) is 11.3 Å². The van der Waals surface area contributed by atoms with Gasteiger partial charge in [0, 0.05) is 23.2 Å². The lowest BCUT2D eigenvalue weighted by Gasteiger charge is -2.04. The van der Waals surface area contributed by atoms with Crippen LogP contribution in [0, 0.1) is 6.92 Å². The molecule has 0 radical (unpaired) electrons. The fraction of sp³-hybridized carbons (Fsp3) is 0.176. The van der Waals surface area contributed by atoms with Crippen LogP contribution in [-0.2, 0) is 11.2 Å². The number of aliphatic carboxylic acids is 1. The Labute approximate surface area is 133 Å². The van der Waals surface area contributed by atoms with Crippen molar-refractivity contribution in [1.82, 2.24) is 9.38 Å². The van der Waals surface area contributed by atoms with Crippen LogP contribution in [0.3, 0.4) is 0 Å². The van der Waals surface area contributed by atoms with E-state index in [9.17, 15) is 4.79 Å². The average Bonchev–Trinajstić information content (AvgIpc) is 2.83. The number of rotatable bonds is 4. The molecule has 0 aliphatic rings. The molecule has 4 nitrogen and oxygen atoms in total. The van der Waals surface area contributed by atoms with Crippen LogP contribution < -0.4 is 0 Å². The Kier molecular flexibility index (Phi) is 3.86. The number of imidazole rings is 1. The fourth-order valence-corrected chi connectivity index (χ4v) is 2.63. The average molecular weight is 315 g/mol. The van der Waals surface area contributed by atoms with E-state index < -0.39 is 5.97 Å². The molecule has 0 bridgehead atoms. The lowest BCUT2D eigenvalue weighted by molar-refractivity contribution is -0.136. The summed E-state index contributed by atoms with van der Waals surface area (Å²) in [5.41, 5.74) is 4.59. The Balaban J connectivity index is 2.16. The summed E-state index contributed by atoms with van der Waals surface area (Å²) in [6.07, 6.45) is 2.44. The van der Waals surface area contributed by atoms with Crippen molar-refractivity contribution >= 4 is 23.2 Å². The number of halogens is 1. The predicted molar refractivity (Wildman–Crippen MR) is 86.3 cm³/mol. The number of carbonyl (C=O) groups is 1. The largest absolute Gasteiger partial charge is 0.481 e. The van der Waals surface area contributed by atoms with E-state index in [0.717, 1.165) is 28.2 Å². The van der Waals surface area contributed by atoms with Gasteiger partial charge in [-0.2, -0.15) is 0 Å². The zero-order valence-electron chi connectivity index (χ0n) is 12.1. The summed E-state index contributed by atoms with van der Waals surface area (Å²) in [6.45, 7) is 2.01. The molecule has 0 aliphatic carbocycles. The van der Waals surface area contributed by atoms with Gasteiger partial charge in [0.2, 0.25) is 0 Å². The SMILES string of the molecule is Cc1ccn2c(CCC(=O)O)c(-c3ccc(Cl)cc3)nc2c1. The van der Waals surface area contributed by atoms with Crippen molar-refractivity contribution in [3.05, 3.63) is 58.9 Å². The summed E-state index contributed by atoms with van der Waals surface area (Å²) in [6, 6.07) is 11.4. The van der Waals surface area contributed by atoms with Gasteiger partial charge in [-0.25, -0.2) is 4.98 Å². The number of pyridine rings is 1. The topological polar surface area (TPSA) is 54.6 Å². The molecular formula is C17H15ClN2O2. The number of carboxylic acid groups (broad SMARTS) is 1. The van der Waals surface area contributed by atoms with Gasteiger partial charge in [0.15, 0.2) is 0 Å². The maximum atomic E-state index is 10.9. The van der Waals surface area contributed by atoms with E-state index in [-0.39, 0.29) is 6.42 Å². The first kappa shape index (κ1) is 14.6. The van der Waals surface area contributed by atoms with Crippen LogP contribution in [0.2, 0.25) is 5.02 Å². The quantitative estimate of drug-likeness (QED) is 0.792. The first-order chi connectivity index (χ1) is 10.5. The molecule has 3 aromatic rings. The van der Waals surface area contributed by atoms with Crippen LogP contribution in [-0.4, -0.2) is 20.5 Å². The molecular weight excluding hydrogens is 300 g/mol. The van der Waals surface area contributed by atoms with Crippen LogP contribution in [0.25, 0.3) is 16.9 Å². The van der Waals surface area contributed by atoms with Gasteiger partial charge in [0.25, 0.3) is 0 Å². The highest BCUT2D eigenvalue weighted by Gasteiger charge is 2.15. The monoisotopic (exact) mass is 314 g/mol. The summed E-state index contributed by atoms with van der Waals surface area (Å²) < 4.78 is 1.96. The maximum absolute atomic E-state index is 10.9. The standard InChI is InChI=1S/C17H15ClN2O2/c1-11-8-9-20-14(6-7-16(21)22)17(19-15(20)10-11)12-2-4-13(18)5-3-12/h2-5,8-10H,6-7H2,1H3,(H,21,22). The first-order valence-electron chi connectivity index (χ1n) is 7.00. The normalized spacial score (nSPS) is 11.0. The summed E-state index contributed by atoms with van der Waals surface area (Å²) in [5.74, 6) is -0.816. The Morgan fingerprint density at radius 1 is 1.27 bits per heavy atom. The van der Waals surface area contributed by atoms with Crippen molar-refractivity contribution in [2.45, 2.75) is 19.8 Å². The molecule has 0 saturated heterocycles.